The first-order valence-electron chi connectivity index (χ1n) is 3.30. The molecule has 63 valence electrons. The third-order valence-corrected chi connectivity index (χ3v) is 1.30. The van der Waals surface area contributed by atoms with Crippen LogP contribution in [0.2, 0.25) is 0 Å². The zero-order valence-corrected chi connectivity index (χ0v) is 6.53. The number of benzene rings is 1. The Morgan fingerprint density at radius 3 is 2.50 bits per heavy atom. The van der Waals surface area contributed by atoms with E-state index in [-0.39, 0.29) is 0 Å². The van der Waals surface area contributed by atoms with Gasteiger partial charge in [-0.1, -0.05) is 0 Å². The molecular weight excluding hydrogens is 158 g/mol. The van der Waals surface area contributed by atoms with Crippen molar-refractivity contribution in [3.05, 3.63) is 24.3 Å². The number of methoxy groups -OCH3 is 1. The molecule has 0 heterocycles. The minimum Gasteiger partial charge on any atom is -0.497 e. The van der Waals surface area contributed by atoms with Crippen molar-refractivity contribution in [3.63, 3.8) is 0 Å². The largest absolute Gasteiger partial charge is 0.497 e. The summed E-state index contributed by atoms with van der Waals surface area (Å²) in [6.45, 7) is 1.25. The Kier molecular flexibility index (Phi) is 2.95. The third-order valence-electron chi connectivity index (χ3n) is 1.30. The number of anilines is 1. The van der Waals surface area contributed by atoms with Crippen LogP contribution >= 0.6 is 0 Å². The maximum atomic E-state index is 9.67. The van der Waals surface area contributed by atoms with Crippen molar-refractivity contribution in [2.45, 2.75) is 0 Å². The van der Waals surface area contributed by atoms with Crippen LogP contribution in [0.15, 0.2) is 24.3 Å². The minimum atomic E-state index is 0.666. The van der Waals surface area contributed by atoms with Gasteiger partial charge in [0.25, 0.3) is 0 Å². The van der Waals surface area contributed by atoms with Gasteiger partial charge in [0.05, 0.1) is 12.8 Å². The third kappa shape index (κ3) is 2.16. The summed E-state index contributed by atoms with van der Waals surface area (Å²) in [5, 5.41) is 0. The molecule has 1 N–H and O–H groups in total. The van der Waals surface area contributed by atoms with Gasteiger partial charge >= 0.3 is 6.47 Å². The SMILES string of the molecule is COc1ccc(NO[C]=O)cc1. The zero-order valence-electron chi connectivity index (χ0n) is 6.53. The van der Waals surface area contributed by atoms with Gasteiger partial charge in [-0.2, -0.15) is 0 Å². The molecule has 0 saturated carbocycles. The summed E-state index contributed by atoms with van der Waals surface area (Å²) in [6.07, 6.45) is 0. The molecule has 0 amide bonds. The van der Waals surface area contributed by atoms with Crippen LogP contribution in [-0.4, -0.2) is 13.6 Å². The van der Waals surface area contributed by atoms with E-state index in [0.717, 1.165) is 5.75 Å². The summed E-state index contributed by atoms with van der Waals surface area (Å²) in [7, 11) is 1.58. The maximum absolute atomic E-state index is 9.67. The molecule has 0 spiro atoms. The Morgan fingerprint density at radius 2 is 2.00 bits per heavy atom. The van der Waals surface area contributed by atoms with E-state index in [4.69, 9.17) is 4.74 Å². The first kappa shape index (κ1) is 8.39. The predicted octanol–water partition coefficient (Wildman–Crippen LogP) is 1.11. The minimum absolute atomic E-state index is 0.666. The molecule has 4 nitrogen and oxygen atoms in total. The molecule has 0 bridgehead atoms. The number of carbonyl (C=O) groups excluding carboxylic acids is 1. The average Bonchev–Trinajstić information content (AvgIpc) is 2.15. The van der Waals surface area contributed by atoms with E-state index in [1.54, 1.807) is 31.4 Å². The van der Waals surface area contributed by atoms with Gasteiger partial charge in [-0.15, -0.1) is 0 Å². The topological polar surface area (TPSA) is 47.6 Å². The maximum Gasteiger partial charge on any atom is 0.443 e. The molecule has 0 saturated heterocycles. The van der Waals surface area contributed by atoms with Crippen LogP contribution < -0.4 is 10.2 Å². The van der Waals surface area contributed by atoms with Crippen molar-refractivity contribution in [1.29, 1.82) is 0 Å². The Balaban J connectivity index is 2.58. The van der Waals surface area contributed by atoms with Crippen molar-refractivity contribution in [1.82, 2.24) is 0 Å². The standard InChI is InChI=1S/C8H8NO3/c1-11-8-4-2-7(3-5-8)9-12-6-10/h2-5,9H,1H3. The summed E-state index contributed by atoms with van der Waals surface area (Å²) < 4.78 is 4.93. The summed E-state index contributed by atoms with van der Waals surface area (Å²) in [6, 6.07) is 6.93. The van der Waals surface area contributed by atoms with Crippen LogP contribution in [0.5, 0.6) is 5.75 Å². The van der Waals surface area contributed by atoms with Gasteiger partial charge in [0, 0.05) is 0 Å². The smallest absolute Gasteiger partial charge is 0.443 e. The highest BCUT2D eigenvalue weighted by Crippen LogP contribution is 2.14. The van der Waals surface area contributed by atoms with Gasteiger partial charge in [-0.3, -0.25) is 0 Å². The molecule has 0 aliphatic heterocycles. The van der Waals surface area contributed by atoms with Crippen molar-refractivity contribution in [2.75, 3.05) is 12.6 Å². The summed E-state index contributed by atoms with van der Waals surface area (Å²) in [5.74, 6) is 0.746. The van der Waals surface area contributed by atoms with E-state index in [2.05, 4.69) is 10.3 Å². The lowest BCUT2D eigenvalue weighted by Crippen LogP contribution is -1.97. The van der Waals surface area contributed by atoms with Crippen LogP contribution in [0, 0.1) is 0 Å². The second-order valence-corrected chi connectivity index (χ2v) is 2.02. The van der Waals surface area contributed by atoms with Gasteiger partial charge in [-0.25, -0.2) is 10.3 Å². The second-order valence-electron chi connectivity index (χ2n) is 2.02. The highest BCUT2D eigenvalue weighted by Gasteiger charge is 1.92. The average molecular weight is 166 g/mol. The first-order chi connectivity index (χ1) is 5.86. The van der Waals surface area contributed by atoms with Crippen LogP contribution in [0.3, 0.4) is 0 Å². The molecule has 0 fully saturated rings. The number of nitrogens with one attached hydrogen (secondary N) is 1. The van der Waals surface area contributed by atoms with Crippen molar-refractivity contribution >= 4 is 12.2 Å². The molecule has 0 unspecified atom stereocenters. The molecule has 0 atom stereocenters. The number of hydrogen-bond donors (Lipinski definition) is 1. The number of rotatable bonds is 4. The van der Waals surface area contributed by atoms with E-state index in [0.29, 0.717) is 5.69 Å². The van der Waals surface area contributed by atoms with E-state index in [1.165, 1.54) is 6.47 Å². The normalized spacial score (nSPS) is 8.75. The van der Waals surface area contributed by atoms with Crippen molar-refractivity contribution in [3.8, 4) is 5.75 Å². The zero-order chi connectivity index (χ0) is 8.81. The van der Waals surface area contributed by atoms with Gasteiger partial charge in [0.2, 0.25) is 0 Å². The Labute approximate surface area is 70.1 Å². The molecule has 1 aromatic carbocycles. The van der Waals surface area contributed by atoms with E-state index in [1.807, 2.05) is 0 Å². The van der Waals surface area contributed by atoms with Crippen LogP contribution in [0.4, 0.5) is 5.69 Å². The fraction of sp³-hybridized carbons (Fsp3) is 0.125. The van der Waals surface area contributed by atoms with Gasteiger partial charge in [0.1, 0.15) is 5.75 Å². The number of hydrogen-bond acceptors (Lipinski definition) is 4. The molecule has 0 aromatic heterocycles. The number of ether oxygens (including phenoxy) is 1. The van der Waals surface area contributed by atoms with E-state index in [9.17, 15) is 4.79 Å². The van der Waals surface area contributed by atoms with Crippen molar-refractivity contribution < 1.29 is 14.4 Å². The monoisotopic (exact) mass is 166 g/mol. The van der Waals surface area contributed by atoms with Gasteiger partial charge in [0.15, 0.2) is 0 Å². The molecule has 1 rings (SSSR count). The van der Waals surface area contributed by atoms with Crippen LogP contribution in [0.25, 0.3) is 0 Å². The lowest BCUT2D eigenvalue weighted by atomic mass is 10.3. The highest BCUT2D eigenvalue weighted by atomic mass is 16.7. The molecule has 12 heavy (non-hydrogen) atoms. The summed E-state index contributed by atoms with van der Waals surface area (Å²) in [4.78, 5) is 13.9. The first-order valence-corrected chi connectivity index (χ1v) is 3.30. The van der Waals surface area contributed by atoms with Crippen LogP contribution in [0.1, 0.15) is 0 Å². The quantitative estimate of drug-likeness (QED) is 0.680. The molecule has 1 aromatic rings. The van der Waals surface area contributed by atoms with E-state index >= 15 is 0 Å². The Bertz CT molecular complexity index is 245. The second kappa shape index (κ2) is 4.23. The van der Waals surface area contributed by atoms with E-state index < -0.39 is 0 Å². The Hall–Kier alpha value is -1.71. The molecule has 4 heteroatoms. The lowest BCUT2D eigenvalue weighted by Gasteiger charge is -2.02. The predicted molar refractivity (Wildman–Crippen MR) is 43.4 cm³/mol. The lowest BCUT2D eigenvalue weighted by molar-refractivity contribution is 0.346. The fourth-order valence-electron chi connectivity index (χ4n) is 0.739. The molecule has 1 radical (unpaired) electrons. The molecule has 0 aliphatic carbocycles. The van der Waals surface area contributed by atoms with Gasteiger partial charge < -0.3 is 9.57 Å². The summed E-state index contributed by atoms with van der Waals surface area (Å²) in [5.41, 5.74) is 3.03. The molecular formula is C8H8NO3. The highest BCUT2D eigenvalue weighted by molar-refractivity contribution is 5.48. The van der Waals surface area contributed by atoms with Gasteiger partial charge in [-0.05, 0) is 24.3 Å². The van der Waals surface area contributed by atoms with Crippen molar-refractivity contribution in [2.24, 2.45) is 0 Å². The molecule has 0 aliphatic rings. The summed E-state index contributed by atoms with van der Waals surface area (Å²) >= 11 is 0. The van der Waals surface area contributed by atoms with Crippen LogP contribution in [-0.2, 0) is 9.63 Å². The fourth-order valence-corrected chi connectivity index (χ4v) is 0.739. The Morgan fingerprint density at radius 1 is 1.33 bits per heavy atom.